The minimum absolute atomic E-state index is 0.0320. The van der Waals surface area contributed by atoms with Crippen LogP contribution in [0.2, 0.25) is 0 Å². The lowest BCUT2D eigenvalue weighted by molar-refractivity contribution is -0.149. The molecule has 3 nitrogen and oxygen atoms in total. The van der Waals surface area contributed by atoms with Crippen molar-refractivity contribution in [1.29, 1.82) is 0 Å². The average Bonchev–Trinajstić information content (AvgIpc) is 2.58. The van der Waals surface area contributed by atoms with E-state index < -0.39 is 36.1 Å². The molecule has 0 aliphatic carbocycles. The van der Waals surface area contributed by atoms with Gasteiger partial charge in [0, 0.05) is 18.4 Å². The van der Waals surface area contributed by atoms with Gasteiger partial charge in [0.2, 0.25) is 0 Å². The summed E-state index contributed by atoms with van der Waals surface area (Å²) in [6, 6.07) is 3.43. The smallest absolute Gasteiger partial charge is 0.389 e. The highest BCUT2D eigenvalue weighted by atomic mass is 19.4. The molecule has 1 aromatic carbocycles. The first-order valence-corrected chi connectivity index (χ1v) is 8.91. The average molecular weight is 406 g/mol. The zero-order chi connectivity index (χ0) is 21.3. The number of carbonyl (C=O) groups excluding carboxylic acids is 2. The molecule has 0 amide bonds. The van der Waals surface area contributed by atoms with Crippen LogP contribution in [-0.2, 0) is 14.3 Å². The van der Waals surface area contributed by atoms with Crippen molar-refractivity contribution in [3.8, 4) is 0 Å². The van der Waals surface area contributed by atoms with E-state index in [0.29, 0.717) is 0 Å². The second-order valence-corrected chi connectivity index (χ2v) is 6.39. The number of benzene rings is 1. The van der Waals surface area contributed by atoms with E-state index in [1.165, 1.54) is 25.1 Å². The van der Waals surface area contributed by atoms with Gasteiger partial charge in [0.25, 0.3) is 0 Å². The van der Waals surface area contributed by atoms with Gasteiger partial charge in [0.15, 0.2) is 11.6 Å². The fourth-order valence-electron chi connectivity index (χ4n) is 2.73. The summed E-state index contributed by atoms with van der Waals surface area (Å²) >= 11 is 0. The molecule has 1 aromatic rings. The summed E-state index contributed by atoms with van der Waals surface area (Å²) in [5.74, 6) is -4.01. The van der Waals surface area contributed by atoms with E-state index in [1.54, 1.807) is 6.92 Å². The van der Waals surface area contributed by atoms with Gasteiger partial charge in [-0.15, -0.1) is 0 Å². The van der Waals surface area contributed by atoms with Crippen LogP contribution < -0.4 is 0 Å². The molecule has 0 N–H and O–H groups in total. The van der Waals surface area contributed by atoms with Gasteiger partial charge in [0.1, 0.15) is 5.78 Å². The number of Topliss-reactive ketones (excluding diaryl/α,β-unsaturated/α-hetero) is 1. The number of hydrogen-bond acceptors (Lipinski definition) is 3. The molecule has 156 valence electrons. The minimum Gasteiger partial charge on any atom is -0.466 e. The summed E-state index contributed by atoms with van der Waals surface area (Å²) < 4.78 is 69.9. The summed E-state index contributed by atoms with van der Waals surface area (Å²) in [5.41, 5.74) is -0.00768. The van der Waals surface area contributed by atoms with Crippen molar-refractivity contribution in [2.45, 2.75) is 52.1 Å². The number of rotatable bonds is 10. The first-order chi connectivity index (χ1) is 13.0. The predicted molar refractivity (Wildman–Crippen MR) is 94.3 cm³/mol. The molecule has 0 saturated heterocycles. The SMILES string of the molecule is CCOC(=O)C(C/C=C(\CCCC(F)(F)F)c1cccc(F)c1F)CC(C)=O. The third-order valence-electron chi connectivity index (χ3n) is 4.01. The molecule has 28 heavy (non-hydrogen) atoms. The number of ether oxygens (including phenoxy) is 1. The molecular weight excluding hydrogens is 383 g/mol. The van der Waals surface area contributed by atoms with Crippen molar-refractivity contribution in [3.63, 3.8) is 0 Å². The summed E-state index contributed by atoms with van der Waals surface area (Å²) in [4.78, 5) is 23.4. The highest BCUT2D eigenvalue weighted by Gasteiger charge is 2.27. The van der Waals surface area contributed by atoms with Crippen LogP contribution >= 0.6 is 0 Å². The molecule has 0 fully saturated rings. The quantitative estimate of drug-likeness (QED) is 0.374. The van der Waals surface area contributed by atoms with Crippen LogP contribution in [-0.4, -0.2) is 24.5 Å². The maximum atomic E-state index is 14.1. The van der Waals surface area contributed by atoms with Crippen LogP contribution in [0.4, 0.5) is 22.0 Å². The number of ketones is 1. The number of allylic oxidation sites excluding steroid dienone is 2. The van der Waals surface area contributed by atoms with E-state index in [-0.39, 0.29) is 49.2 Å². The lowest BCUT2D eigenvalue weighted by Crippen LogP contribution is -2.20. The van der Waals surface area contributed by atoms with Crippen LogP contribution in [0, 0.1) is 17.6 Å². The van der Waals surface area contributed by atoms with Crippen molar-refractivity contribution in [2.75, 3.05) is 6.61 Å². The molecule has 1 atom stereocenters. The number of esters is 1. The van der Waals surface area contributed by atoms with Gasteiger partial charge in [0.05, 0.1) is 12.5 Å². The normalized spacial score (nSPS) is 13.3. The van der Waals surface area contributed by atoms with E-state index in [0.717, 1.165) is 6.07 Å². The molecule has 0 aliphatic rings. The Morgan fingerprint density at radius 3 is 2.46 bits per heavy atom. The fraction of sp³-hybridized carbons (Fsp3) is 0.500. The maximum absolute atomic E-state index is 14.1. The van der Waals surface area contributed by atoms with Crippen molar-refractivity contribution in [3.05, 3.63) is 41.5 Å². The first kappa shape index (κ1) is 23.8. The van der Waals surface area contributed by atoms with Crippen LogP contribution in [0.25, 0.3) is 5.57 Å². The third kappa shape index (κ3) is 8.19. The van der Waals surface area contributed by atoms with Crippen molar-refractivity contribution in [2.24, 2.45) is 5.92 Å². The maximum Gasteiger partial charge on any atom is 0.389 e. The zero-order valence-electron chi connectivity index (χ0n) is 15.7. The minimum atomic E-state index is -4.37. The van der Waals surface area contributed by atoms with E-state index in [2.05, 4.69) is 0 Å². The lowest BCUT2D eigenvalue weighted by Gasteiger charge is -2.15. The monoisotopic (exact) mass is 406 g/mol. The van der Waals surface area contributed by atoms with Crippen molar-refractivity contribution < 1.29 is 36.3 Å². The molecular formula is C20H23F5O3. The summed E-state index contributed by atoms with van der Waals surface area (Å²) in [6.07, 6.45) is -4.67. The van der Waals surface area contributed by atoms with Crippen LogP contribution in [0.15, 0.2) is 24.3 Å². The third-order valence-corrected chi connectivity index (χ3v) is 4.01. The Hall–Kier alpha value is -2.25. The second-order valence-electron chi connectivity index (χ2n) is 6.39. The van der Waals surface area contributed by atoms with Gasteiger partial charge >= 0.3 is 12.1 Å². The number of halogens is 5. The van der Waals surface area contributed by atoms with Crippen LogP contribution in [0.1, 0.15) is 51.5 Å². The van der Waals surface area contributed by atoms with Gasteiger partial charge in [-0.2, -0.15) is 13.2 Å². The Morgan fingerprint density at radius 1 is 1.21 bits per heavy atom. The zero-order valence-corrected chi connectivity index (χ0v) is 15.7. The van der Waals surface area contributed by atoms with Crippen molar-refractivity contribution >= 4 is 17.3 Å². The largest absolute Gasteiger partial charge is 0.466 e. The second kappa shape index (κ2) is 10.9. The summed E-state index contributed by atoms with van der Waals surface area (Å²) in [5, 5.41) is 0. The van der Waals surface area contributed by atoms with E-state index >= 15 is 0 Å². The van der Waals surface area contributed by atoms with Crippen LogP contribution in [0.3, 0.4) is 0 Å². The van der Waals surface area contributed by atoms with Gasteiger partial charge in [-0.05, 0) is 44.7 Å². The molecule has 0 spiro atoms. The van der Waals surface area contributed by atoms with E-state index in [1.807, 2.05) is 0 Å². The Kier molecular flexibility index (Phi) is 9.28. The van der Waals surface area contributed by atoms with E-state index in [4.69, 9.17) is 4.74 Å². The molecule has 0 aromatic heterocycles. The molecule has 0 bridgehead atoms. The Morgan fingerprint density at radius 2 is 1.89 bits per heavy atom. The number of alkyl halides is 3. The molecule has 1 rings (SSSR count). The van der Waals surface area contributed by atoms with Gasteiger partial charge in [-0.1, -0.05) is 18.2 Å². The highest BCUT2D eigenvalue weighted by molar-refractivity contribution is 5.83. The van der Waals surface area contributed by atoms with Gasteiger partial charge in [-0.25, -0.2) is 8.78 Å². The number of carbonyl (C=O) groups is 2. The Labute approximate surface area is 160 Å². The predicted octanol–water partition coefficient (Wildman–Crippen LogP) is 5.63. The summed E-state index contributed by atoms with van der Waals surface area (Å²) in [6.45, 7) is 3.00. The summed E-state index contributed by atoms with van der Waals surface area (Å²) in [7, 11) is 0. The Balaban J connectivity index is 3.11. The molecule has 0 saturated carbocycles. The fourth-order valence-corrected chi connectivity index (χ4v) is 2.73. The molecule has 1 unspecified atom stereocenters. The molecule has 0 heterocycles. The Bertz CT molecular complexity index is 710. The number of hydrogen-bond donors (Lipinski definition) is 0. The van der Waals surface area contributed by atoms with Gasteiger partial charge < -0.3 is 9.53 Å². The standard InChI is InChI=1S/C20H23F5O3/c1-3-28-19(27)15(12-13(2)26)10-9-14(6-5-11-20(23,24)25)16-7-4-8-17(21)18(16)22/h4,7-9,15H,3,5-6,10-12H2,1-2H3/b14-9+. The lowest BCUT2D eigenvalue weighted by atomic mass is 9.93. The van der Waals surface area contributed by atoms with E-state index in [9.17, 15) is 31.5 Å². The van der Waals surface area contributed by atoms with Crippen molar-refractivity contribution in [1.82, 2.24) is 0 Å². The topological polar surface area (TPSA) is 43.4 Å². The molecule has 0 radical (unpaired) electrons. The highest BCUT2D eigenvalue weighted by Crippen LogP contribution is 2.30. The van der Waals surface area contributed by atoms with Gasteiger partial charge in [-0.3, -0.25) is 4.79 Å². The van der Waals surface area contributed by atoms with Crippen LogP contribution in [0.5, 0.6) is 0 Å². The molecule has 0 aliphatic heterocycles. The molecule has 8 heteroatoms. The first-order valence-electron chi connectivity index (χ1n) is 8.91.